The fourth-order valence-corrected chi connectivity index (χ4v) is 9.57. The van der Waals surface area contributed by atoms with Gasteiger partial charge < -0.3 is 24.7 Å². The van der Waals surface area contributed by atoms with Gasteiger partial charge in [0.2, 0.25) is 5.60 Å². The number of carbonyl (C=O) groups excluding carboxylic acids is 1. The van der Waals surface area contributed by atoms with Crippen LogP contribution in [0, 0.1) is 64.1 Å². The quantitative estimate of drug-likeness (QED) is 0.236. The molecule has 0 amide bonds. The van der Waals surface area contributed by atoms with E-state index >= 15 is 4.39 Å². The summed E-state index contributed by atoms with van der Waals surface area (Å²) in [6, 6.07) is 0. The Bertz CT molecular complexity index is 1330. The highest BCUT2D eigenvalue weighted by Gasteiger charge is 2.84. The van der Waals surface area contributed by atoms with E-state index in [0.29, 0.717) is 5.57 Å². The van der Waals surface area contributed by atoms with Gasteiger partial charge in [-0.05, 0) is 70.4 Å². The molecule has 0 aromatic heterocycles. The minimum atomic E-state index is -2.46. The van der Waals surface area contributed by atoms with Crippen molar-refractivity contribution in [3.05, 3.63) is 59.4 Å². The van der Waals surface area contributed by atoms with E-state index in [2.05, 4.69) is 0 Å². The Balaban J connectivity index is 1.76. The van der Waals surface area contributed by atoms with Crippen molar-refractivity contribution in [2.75, 3.05) is 13.2 Å². The lowest BCUT2D eigenvalue weighted by molar-refractivity contribution is -0.980. The van der Waals surface area contributed by atoms with Gasteiger partial charge in [-0.1, -0.05) is 25.5 Å². The molecular formula is C26H35FN4O12. The number of rotatable bonds is 8. The van der Waals surface area contributed by atoms with Crippen LogP contribution < -0.4 is 5.06 Å². The number of nitrogens with one attached hydrogen (secondary N) is 1. The van der Waals surface area contributed by atoms with Crippen molar-refractivity contribution < 1.29 is 48.8 Å². The number of alkyl halides is 1. The number of allylic oxidation sites excluding steroid dienone is 4. The van der Waals surface area contributed by atoms with Crippen LogP contribution >= 0.6 is 0 Å². The first kappa shape index (κ1) is 31.0. The molecule has 1 saturated heterocycles. The van der Waals surface area contributed by atoms with E-state index in [4.69, 9.17) is 19.2 Å². The third-order valence-corrected chi connectivity index (χ3v) is 11.2. The maximum atomic E-state index is 18.0. The fraction of sp³-hybridized carbons (Fsp3) is 0.808. The van der Waals surface area contributed by atoms with E-state index in [1.54, 1.807) is 13.8 Å². The Morgan fingerprint density at radius 1 is 1.09 bits per heavy atom. The highest BCUT2D eigenvalue weighted by Crippen LogP contribution is 2.73. The van der Waals surface area contributed by atoms with E-state index in [1.807, 2.05) is 0 Å². The van der Waals surface area contributed by atoms with Crippen LogP contribution in [-0.2, 0) is 24.0 Å². The van der Waals surface area contributed by atoms with Crippen molar-refractivity contribution in [1.82, 2.24) is 0 Å². The number of nitrogens with zero attached hydrogens (tertiary/aromatic N) is 3. The minimum Gasteiger partial charge on any atom is -0.632 e. The molecule has 4 fully saturated rings. The van der Waals surface area contributed by atoms with Gasteiger partial charge >= 0.3 is 0 Å². The number of quaternary nitrogens is 1. The zero-order valence-corrected chi connectivity index (χ0v) is 24.4. The Kier molecular flexibility index (Phi) is 6.87. The van der Waals surface area contributed by atoms with Crippen LogP contribution in [0.5, 0.6) is 0 Å². The van der Waals surface area contributed by atoms with Crippen LogP contribution in [0.25, 0.3) is 0 Å². The molecule has 1 heterocycles. The minimum absolute atomic E-state index is 0.0565. The molecule has 16 nitrogen and oxygen atoms in total. The van der Waals surface area contributed by atoms with Crippen LogP contribution in [0.3, 0.4) is 0 Å². The molecule has 5 rings (SSSR count). The molecule has 17 heteroatoms. The second-order valence-electron chi connectivity index (χ2n) is 13.6. The van der Waals surface area contributed by atoms with Gasteiger partial charge in [-0.3, -0.25) is 9.63 Å². The van der Waals surface area contributed by atoms with Crippen molar-refractivity contribution >= 4 is 5.78 Å². The summed E-state index contributed by atoms with van der Waals surface area (Å²) in [5, 5.41) is 45.6. The summed E-state index contributed by atoms with van der Waals surface area (Å²) in [6.45, 7) is 6.32. The van der Waals surface area contributed by atoms with Crippen LogP contribution in [-0.4, -0.2) is 62.9 Å². The molecule has 3 saturated carbocycles. The van der Waals surface area contributed by atoms with Crippen molar-refractivity contribution in [2.24, 2.45) is 28.6 Å². The van der Waals surface area contributed by atoms with E-state index < -0.39 is 90.6 Å². The van der Waals surface area contributed by atoms with E-state index in [0.717, 1.165) is 0 Å². The number of hydrogen-bond acceptors (Lipinski definition) is 12. The van der Waals surface area contributed by atoms with Crippen molar-refractivity contribution in [3.63, 3.8) is 0 Å². The Morgan fingerprint density at radius 3 is 2.33 bits per heavy atom. The predicted octanol–water partition coefficient (Wildman–Crippen LogP) is 1.86. The van der Waals surface area contributed by atoms with Crippen LogP contribution in [0.15, 0.2) is 23.8 Å². The molecule has 1 aliphatic heterocycles. The number of ether oxygens (including phenoxy) is 1. The molecule has 0 aromatic carbocycles. The number of fused-ring (bicyclic) bond motifs is 5. The first-order valence-electron chi connectivity index (χ1n) is 14.1. The standard InChI is InChI=1S/C26H35FN4O12/c1-15-10-19-18-7-6-16-11-17(32)8-9-22(16,4)25(18,27)20(42-30(36)37)12-23(19,5)26(15,43-31(38)39)24(14-41-29(34)35)28(33)21(2,3)13-40-24/h8-9,11,15,18-20,28H,6-7,10,12-14H2,1-5H3/t15-,18?,19?,20-,22-,23-,24?,25-,26+/m0/s1. The predicted molar refractivity (Wildman–Crippen MR) is 140 cm³/mol. The Hall–Kier alpha value is -3.44. The number of halogens is 1. The third kappa shape index (κ3) is 3.86. The van der Waals surface area contributed by atoms with E-state index in [1.165, 1.54) is 39.0 Å². The van der Waals surface area contributed by atoms with Gasteiger partial charge in [0.1, 0.15) is 18.2 Å². The van der Waals surface area contributed by atoms with Crippen LogP contribution in [0.2, 0.25) is 0 Å². The summed E-state index contributed by atoms with van der Waals surface area (Å²) in [7, 11) is 0. The fourth-order valence-electron chi connectivity index (χ4n) is 9.57. The summed E-state index contributed by atoms with van der Waals surface area (Å²) in [6.07, 6.45) is 1.97. The zero-order chi connectivity index (χ0) is 32.0. The second kappa shape index (κ2) is 9.53. The molecule has 238 valence electrons. The third-order valence-electron chi connectivity index (χ3n) is 11.2. The molecule has 10 atom stereocenters. The summed E-state index contributed by atoms with van der Waals surface area (Å²) in [5.74, 6) is -3.11. The topological polar surface area (TPSA) is 211 Å². The van der Waals surface area contributed by atoms with Gasteiger partial charge in [0.25, 0.3) is 21.0 Å². The monoisotopic (exact) mass is 614 g/mol. The first-order chi connectivity index (χ1) is 19.8. The lowest BCUT2D eigenvalue weighted by Crippen LogP contribution is -3.24. The van der Waals surface area contributed by atoms with Crippen LogP contribution in [0.1, 0.15) is 60.3 Å². The molecule has 0 radical (unpaired) electrons. The average Bonchev–Trinajstić information content (AvgIpc) is 3.26. The molecule has 4 aliphatic carbocycles. The van der Waals surface area contributed by atoms with Gasteiger partial charge in [-0.2, -0.15) is 0 Å². The van der Waals surface area contributed by atoms with Gasteiger partial charge in [-0.15, -0.1) is 30.3 Å². The number of hydroxylamine groups is 2. The molecule has 0 aromatic rings. The average molecular weight is 615 g/mol. The highest BCUT2D eigenvalue weighted by molar-refractivity contribution is 6.01. The molecular weight excluding hydrogens is 579 g/mol. The van der Waals surface area contributed by atoms with Gasteiger partial charge in [-0.25, -0.2) is 4.39 Å². The Morgan fingerprint density at radius 2 is 1.77 bits per heavy atom. The lowest BCUT2D eigenvalue weighted by atomic mass is 9.44. The summed E-state index contributed by atoms with van der Waals surface area (Å²) in [5.41, 5.74) is -11.1. The number of carbonyl (C=O) groups is 1. The highest BCUT2D eigenvalue weighted by atomic mass is 19.1. The maximum Gasteiger partial charge on any atom is 0.295 e. The largest absolute Gasteiger partial charge is 0.632 e. The van der Waals surface area contributed by atoms with Crippen molar-refractivity contribution in [3.8, 4) is 0 Å². The maximum absolute atomic E-state index is 18.0. The first-order valence-corrected chi connectivity index (χ1v) is 14.1. The summed E-state index contributed by atoms with van der Waals surface area (Å²) < 4.78 is 24.1. The van der Waals surface area contributed by atoms with Gasteiger partial charge in [0.15, 0.2) is 18.1 Å². The lowest BCUT2D eigenvalue weighted by Gasteiger charge is -2.64. The second-order valence-corrected chi connectivity index (χ2v) is 13.6. The summed E-state index contributed by atoms with van der Waals surface area (Å²) >= 11 is 0. The molecule has 0 bridgehead atoms. The molecule has 0 spiro atoms. The van der Waals surface area contributed by atoms with Crippen LogP contribution in [0.4, 0.5) is 4.39 Å². The van der Waals surface area contributed by atoms with E-state index in [9.17, 15) is 40.3 Å². The normalized spacial score (nSPS) is 46.2. The smallest absolute Gasteiger partial charge is 0.295 e. The molecule has 4 unspecified atom stereocenters. The molecule has 43 heavy (non-hydrogen) atoms. The SMILES string of the molecule is C[C@H]1CC2C3CCC4=CC(=O)C=C[C@]4(C)[C@@]3(F)[C@@H](O[N+](=O)[O-])C[C@]2(C)[C@@]1(O[N+](=O)[O-])C1(CO[N+](=O)[O-])OCC(C)(C)[NH+]1[O-]. The van der Waals surface area contributed by atoms with Crippen molar-refractivity contribution in [1.29, 1.82) is 0 Å². The molecule has 1 N–H and O–H groups in total. The zero-order valence-electron chi connectivity index (χ0n) is 24.4. The molecule has 5 aliphatic rings. The summed E-state index contributed by atoms with van der Waals surface area (Å²) in [4.78, 5) is 63.1. The van der Waals surface area contributed by atoms with Gasteiger partial charge in [0.05, 0.1) is 0 Å². The number of hydrogen-bond donors (Lipinski definition) is 1. The Labute approximate surface area is 245 Å². The van der Waals surface area contributed by atoms with Gasteiger partial charge in [0, 0.05) is 16.7 Å². The van der Waals surface area contributed by atoms with E-state index in [-0.39, 0.29) is 31.7 Å². The van der Waals surface area contributed by atoms with Crippen molar-refractivity contribution in [2.45, 2.75) is 88.9 Å². The number of ketones is 1.